The lowest BCUT2D eigenvalue weighted by molar-refractivity contribution is -0.118. The Morgan fingerprint density at radius 3 is 2.91 bits per heavy atom. The van der Waals surface area contributed by atoms with Gasteiger partial charge in [0.25, 0.3) is 5.56 Å². The average molecular weight is 452 g/mol. The van der Waals surface area contributed by atoms with E-state index in [0.29, 0.717) is 40.8 Å². The molecule has 0 atom stereocenters. The lowest BCUT2D eigenvalue weighted by Crippen LogP contribution is -2.26. The van der Waals surface area contributed by atoms with Crippen LogP contribution in [0.4, 0.5) is 0 Å². The summed E-state index contributed by atoms with van der Waals surface area (Å²) < 4.78 is 18.0. The van der Waals surface area contributed by atoms with Gasteiger partial charge in [-0.2, -0.15) is 0 Å². The van der Waals surface area contributed by atoms with Gasteiger partial charge >= 0.3 is 0 Å². The third kappa shape index (κ3) is 3.80. The maximum Gasteiger partial charge on any atom is 0.297 e. The molecule has 1 aliphatic rings. The zero-order valence-corrected chi connectivity index (χ0v) is 18.2. The van der Waals surface area contributed by atoms with E-state index in [2.05, 4.69) is 5.32 Å². The molecule has 0 bridgehead atoms. The molecule has 9 heteroatoms. The van der Waals surface area contributed by atoms with Crippen LogP contribution in [0, 0.1) is 0 Å². The highest BCUT2D eigenvalue weighted by atomic mass is 32.2. The van der Waals surface area contributed by atoms with E-state index in [1.54, 1.807) is 4.57 Å². The lowest BCUT2D eigenvalue weighted by atomic mass is 10.2. The Balaban J connectivity index is 1.33. The van der Waals surface area contributed by atoms with Crippen molar-refractivity contribution in [1.82, 2.24) is 14.9 Å². The zero-order valence-electron chi connectivity index (χ0n) is 17.4. The number of rotatable bonds is 7. The van der Waals surface area contributed by atoms with Gasteiger partial charge in [-0.05, 0) is 36.2 Å². The van der Waals surface area contributed by atoms with Crippen LogP contribution in [0.5, 0.6) is 11.5 Å². The Morgan fingerprint density at radius 2 is 2.03 bits per heavy atom. The Bertz CT molecular complexity index is 1380. The average Bonchev–Trinajstić information content (AvgIpc) is 3.42. The minimum absolute atomic E-state index is 0.141. The third-order valence-corrected chi connectivity index (χ3v) is 6.13. The number of carbonyl (C=O) groups is 1. The Kier molecular flexibility index (Phi) is 5.48. The number of amides is 1. The summed E-state index contributed by atoms with van der Waals surface area (Å²) in [5.41, 5.74) is 2.09. The SMILES string of the molecule is CCCn1c(SCC(=O)NCc2ccc3c(c2)OCO3)nc2c(oc3ccccc32)c1=O. The van der Waals surface area contributed by atoms with E-state index in [1.165, 1.54) is 11.8 Å². The van der Waals surface area contributed by atoms with Crippen molar-refractivity contribution in [2.45, 2.75) is 31.6 Å². The Labute approximate surface area is 187 Å². The van der Waals surface area contributed by atoms with Crippen molar-refractivity contribution < 1.29 is 18.7 Å². The molecule has 164 valence electrons. The van der Waals surface area contributed by atoms with Gasteiger partial charge in [-0.15, -0.1) is 0 Å². The van der Waals surface area contributed by atoms with Crippen LogP contribution in [-0.4, -0.2) is 28.0 Å². The monoisotopic (exact) mass is 451 g/mol. The van der Waals surface area contributed by atoms with Crippen LogP contribution in [0.1, 0.15) is 18.9 Å². The van der Waals surface area contributed by atoms with Gasteiger partial charge < -0.3 is 19.2 Å². The first kappa shape index (κ1) is 20.4. The molecule has 1 amide bonds. The second-order valence-electron chi connectivity index (χ2n) is 7.38. The summed E-state index contributed by atoms with van der Waals surface area (Å²) in [6.45, 7) is 3.07. The first-order chi connectivity index (χ1) is 15.6. The summed E-state index contributed by atoms with van der Waals surface area (Å²) in [4.78, 5) is 30.2. The highest BCUT2D eigenvalue weighted by Crippen LogP contribution is 2.32. The van der Waals surface area contributed by atoms with E-state index >= 15 is 0 Å². The molecule has 0 spiro atoms. The fourth-order valence-corrected chi connectivity index (χ4v) is 4.47. The number of nitrogens with zero attached hydrogens (tertiary/aromatic N) is 2. The van der Waals surface area contributed by atoms with Gasteiger partial charge in [0.1, 0.15) is 11.1 Å². The summed E-state index contributed by atoms with van der Waals surface area (Å²) in [6.07, 6.45) is 0.761. The summed E-state index contributed by atoms with van der Waals surface area (Å²) in [5.74, 6) is 1.38. The molecule has 0 aliphatic carbocycles. The highest BCUT2D eigenvalue weighted by molar-refractivity contribution is 7.99. The van der Waals surface area contributed by atoms with Crippen LogP contribution in [-0.2, 0) is 17.9 Å². The largest absolute Gasteiger partial charge is 0.454 e. The number of furan rings is 1. The zero-order chi connectivity index (χ0) is 22.1. The van der Waals surface area contributed by atoms with E-state index in [1.807, 2.05) is 49.4 Å². The second-order valence-corrected chi connectivity index (χ2v) is 8.32. The molecular formula is C23H21N3O5S. The normalized spacial score (nSPS) is 12.5. The predicted molar refractivity (Wildman–Crippen MR) is 121 cm³/mol. The van der Waals surface area contributed by atoms with E-state index < -0.39 is 0 Å². The molecule has 0 radical (unpaired) electrons. The van der Waals surface area contributed by atoms with Gasteiger partial charge in [0, 0.05) is 18.5 Å². The summed E-state index contributed by atoms with van der Waals surface area (Å²) in [6, 6.07) is 13.0. The minimum atomic E-state index is -0.226. The molecule has 32 heavy (non-hydrogen) atoms. The van der Waals surface area contributed by atoms with Gasteiger partial charge in [-0.1, -0.05) is 36.9 Å². The number of hydrogen-bond donors (Lipinski definition) is 1. The van der Waals surface area contributed by atoms with Gasteiger partial charge in [0.15, 0.2) is 16.7 Å². The summed E-state index contributed by atoms with van der Waals surface area (Å²) in [7, 11) is 0. The number of thioether (sulfide) groups is 1. The number of aromatic nitrogens is 2. The molecule has 0 unspecified atom stereocenters. The molecule has 1 aliphatic heterocycles. The van der Waals surface area contributed by atoms with Crippen molar-refractivity contribution in [3.05, 3.63) is 58.4 Å². The van der Waals surface area contributed by atoms with Crippen LogP contribution in [0.15, 0.2) is 56.8 Å². The molecule has 4 aromatic rings. The van der Waals surface area contributed by atoms with Crippen LogP contribution in [0.3, 0.4) is 0 Å². The van der Waals surface area contributed by atoms with Crippen molar-refractivity contribution in [2.75, 3.05) is 12.5 Å². The Morgan fingerprint density at radius 1 is 1.19 bits per heavy atom. The molecule has 1 N–H and O–H groups in total. The number of nitrogens with one attached hydrogen (secondary N) is 1. The maximum atomic E-state index is 13.1. The van der Waals surface area contributed by atoms with Crippen LogP contribution in [0.25, 0.3) is 22.1 Å². The first-order valence-corrected chi connectivity index (χ1v) is 11.3. The van der Waals surface area contributed by atoms with Gasteiger partial charge in [0.05, 0.1) is 5.75 Å². The molecule has 5 rings (SSSR count). The molecule has 2 aromatic carbocycles. The van der Waals surface area contributed by atoms with Crippen molar-refractivity contribution in [3.63, 3.8) is 0 Å². The lowest BCUT2D eigenvalue weighted by Gasteiger charge is -2.11. The van der Waals surface area contributed by atoms with Gasteiger partial charge in [0.2, 0.25) is 18.3 Å². The molecule has 3 heterocycles. The maximum absolute atomic E-state index is 13.1. The van der Waals surface area contributed by atoms with E-state index in [9.17, 15) is 9.59 Å². The van der Waals surface area contributed by atoms with Crippen molar-refractivity contribution >= 4 is 39.7 Å². The van der Waals surface area contributed by atoms with E-state index in [-0.39, 0.29) is 29.6 Å². The number of hydrogen-bond acceptors (Lipinski definition) is 7. The third-order valence-electron chi connectivity index (χ3n) is 5.15. The fraction of sp³-hybridized carbons (Fsp3) is 0.261. The Hall–Kier alpha value is -3.46. The molecular weight excluding hydrogens is 430 g/mol. The van der Waals surface area contributed by atoms with Crippen molar-refractivity contribution in [3.8, 4) is 11.5 Å². The highest BCUT2D eigenvalue weighted by Gasteiger charge is 2.18. The van der Waals surface area contributed by atoms with E-state index in [0.717, 1.165) is 17.4 Å². The molecule has 0 saturated carbocycles. The molecule has 8 nitrogen and oxygen atoms in total. The van der Waals surface area contributed by atoms with Crippen molar-refractivity contribution in [1.29, 1.82) is 0 Å². The molecule has 0 saturated heterocycles. The summed E-state index contributed by atoms with van der Waals surface area (Å²) in [5, 5.41) is 4.20. The second kappa shape index (κ2) is 8.58. The summed E-state index contributed by atoms with van der Waals surface area (Å²) >= 11 is 1.24. The first-order valence-electron chi connectivity index (χ1n) is 10.3. The smallest absolute Gasteiger partial charge is 0.297 e. The molecule has 0 fully saturated rings. The van der Waals surface area contributed by atoms with Crippen LogP contribution in [0.2, 0.25) is 0 Å². The standard InChI is InChI=1S/C23H21N3O5S/c1-2-9-26-22(28)21-20(15-5-3-4-6-16(15)31-21)25-23(26)32-12-19(27)24-11-14-7-8-17-18(10-14)30-13-29-17/h3-8,10H,2,9,11-13H2,1H3,(H,24,27). The van der Waals surface area contributed by atoms with Crippen LogP contribution >= 0.6 is 11.8 Å². The van der Waals surface area contributed by atoms with Crippen LogP contribution < -0.4 is 20.3 Å². The molecule has 2 aromatic heterocycles. The minimum Gasteiger partial charge on any atom is -0.454 e. The number of para-hydroxylation sites is 1. The van der Waals surface area contributed by atoms with Crippen molar-refractivity contribution in [2.24, 2.45) is 0 Å². The predicted octanol–water partition coefficient (Wildman–Crippen LogP) is 3.69. The number of carbonyl (C=O) groups excluding carboxylic acids is 1. The number of fused-ring (bicyclic) bond motifs is 4. The quantitative estimate of drug-likeness (QED) is 0.338. The van der Waals surface area contributed by atoms with E-state index in [4.69, 9.17) is 18.9 Å². The number of ether oxygens (including phenoxy) is 2. The number of benzene rings is 2. The van der Waals surface area contributed by atoms with Gasteiger partial charge in [-0.25, -0.2) is 4.98 Å². The fourth-order valence-electron chi connectivity index (χ4n) is 3.62. The van der Waals surface area contributed by atoms with Gasteiger partial charge in [-0.3, -0.25) is 14.2 Å². The topological polar surface area (TPSA) is 95.6 Å².